The summed E-state index contributed by atoms with van der Waals surface area (Å²) < 4.78 is 0. The van der Waals surface area contributed by atoms with Crippen molar-refractivity contribution < 1.29 is 19.5 Å². The van der Waals surface area contributed by atoms with Gasteiger partial charge in [-0.2, -0.15) is 0 Å². The Labute approximate surface area is 124 Å². The van der Waals surface area contributed by atoms with E-state index in [0.717, 1.165) is 38.9 Å². The third-order valence-corrected chi connectivity index (χ3v) is 4.15. The zero-order valence-electron chi connectivity index (χ0n) is 12.2. The maximum atomic E-state index is 11.7. The highest BCUT2D eigenvalue weighted by atomic mass is 16.4. The number of rotatable bonds is 5. The molecule has 7 heteroatoms. The SMILES string of the molecule is O=C(O)NC1CCN(CCCN2C(=O)CCCC2=O)CC1. The number of amides is 3. The summed E-state index contributed by atoms with van der Waals surface area (Å²) in [6, 6.07) is 0.0454. The van der Waals surface area contributed by atoms with E-state index in [1.807, 2.05) is 0 Å². The number of hydrogen-bond donors (Lipinski definition) is 2. The molecule has 2 rings (SSSR count). The first kappa shape index (κ1) is 15.8. The summed E-state index contributed by atoms with van der Waals surface area (Å²) in [5, 5.41) is 11.2. The van der Waals surface area contributed by atoms with Crippen LogP contribution in [0.3, 0.4) is 0 Å². The Hall–Kier alpha value is -1.63. The molecular formula is C14H23N3O4. The van der Waals surface area contributed by atoms with Crippen LogP contribution in [-0.2, 0) is 9.59 Å². The lowest BCUT2D eigenvalue weighted by molar-refractivity contribution is -0.148. The summed E-state index contributed by atoms with van der Waals surface area (Å²) in [5.41, 5.74) is 0. The summed E-state index contributed by atoms with van der Waals surface area (Å²) in [5.74, 6) is -0.0915. The van der Waals surface area contributed by atoms with Crippen LogP contribution in [-0.4, -0.2) is 65.0 Å². The van der Waals surface area contributed by atoms with E-state index in [1.165, 1.54) is 4.90 Å². The van der Waals surface area contributed by atoms with Gasteiger partial charge >= 0.3 is 6.09 Å². The van der Waals surface area contributed by atoms with E-state index in [1.54, 1.807) is 0 Å². The molecule has 2 heterocycles. The zero-order valence-corrected chi connectivity index (χ0v) is 12.2. The van der Waals surface area contributed by atoms with Gasteiger partial charge in [0.05, 0.1) is 0 Å². The van der Waals surface area contributed by atoms with E-state index in [9.17, 15) is 14.4 Å². The van der Waals surface area contributed by atoms with Crippen molar-refractivity contribution in [1.29, 1.82) is 0 Å². The smallest absolute Gasteiger partial charge is 0.404 e. The first-order valence-electron chi connectivity index (χ1n) is 7.61. The molecule has 7 nitrogen and oxygen atoms in total. The Balaban J connectivity index is 1.64. The van der Waals surface area contributed by atoms with Gasteiger partial charge in [-0.3, -0.25) is 14.5 Å². The predicted octanol–water partition coefficient (Wildman–Crippen LogP) is 0.648. The highest BCUT2D eigenvalue weighted by molar-refractivity contribution is 5.97. The van der Waals surface area contributed by atoms with Crippen LogP contribution in [0.15, 0.2) is 0 Å². The van der Waals surface area contributed by atoms with Crippen molar-refractivity contribution in [2.24, 2.45) is 0 Å². The molecule has 2 aliphatic rings. The molecule has 2 aliphatic heterocycles. The number of imide groups is 1. The van der Waals surface area contributed by atoms with Crippen LogP contribution in [0, 0.1) is 0 Å². The van der Waals surface area contributed by atoms with Gasteiger partial charge in [0.2, 0.25) is 11.8 Å². The average molecular weight is 297 g/mol. The molecule has 0 aromatic heterocycles. The second kappa shape index (κ2) is 7.40. The standard InChI is InChI=1S/C14H23N3O4/c18-12-3-1-4-13(19)17(12)8-2-7-16-9-5-11(6-10-16)15-14(20)21/h11,15H,1-10H2,(H,20,21). The van der Waals surface area contributed by atoms with Crippen molar-refractivity contribution in [3.63, 3.8) is 0 Å². The average Bonchev–Trinajstić information content (AvgIpc) is 2.43. The van der Waals surface area contributed by atoms with Crippen molar-refractivity contribution in [2.45, 2.75) is 44.6 Å². The van der Waals surface area contributed by atoms with Crippen molar-refractivity contribution in [3.8, 4) is 0 Å². The van der Waals surface area contributed by atoms with E-state index < -0.39 is 6.09 Å². The molecule has 0 bridgehead atoms. The highest BCUT2D eigenvalue weighted by Crippen LogP contribution is 2.14. The molecular weight excluding hydrogens is 274 g/mol. The van der Waals surface area contributed by atoms with Crippen molar-refractivity contribution in [3.05, 3.63) is 0 Å². The molecule has 2 fully saturated rings. The number of piperidine rings is 2. The number of likely N-dealkylation sites (tertiary alicyclic amines) is 2. The fourth-order valence-corrected chi connectivity index (χ4v) is 2.98. The third kappa shape index (κ3) is 4.70. The van der Waals surface area contributed by atoms with Crippen LogP contribution in [0.1, 0.15) is 38.5 Å². The minimum Gasteiger partial charge on any atom is -0.465 e. The first-order valence-corrected chi connectivity index (χ1v) is 7.61. The van der Waals surface area contributed by atoms with Crippen LogP contribution in [0.4, 0.5) is 4.79 Å². The second-order valence-electron chi connectivity index (χ2n) is 5.71. The maximum Gasteiger partial charge on any atom is 0.404 e. The number of carboxylic acid groups (broad SMARTS) is 1. The van der Waals surface area contributed by atoms with Gasteiger partial charge in [-0.25, -0.2) is 4.79 Å². The van der Waals surface area contributed by atoms with Crippen LogP contribution >= 0.6 is 0 Å². The monoisotopic (exact) mass is 297 g/mol. The van der Waals surface area contributed by atoms with Crippen molar-refractivity contribution in [1.82, 2.24) is 15.1 Å². The van der Waals surface area contributed by atoms with Gasteiger partial charge in [0.15, 0.2) is 0 Å². The maximum absolute atomic E-state index is 11.7. The van der Waals surface area contributed by atoms with E-state index in [4.69, 9.17) is 5.11 Å². The van der Waals surface area contributed by atoms with Crippen LogP contribution in [0.5, 0.6) is 0 Å². The molecule has 21 heavy (non-hydrogen) atoms. The van der Waals surface area contributed by atoms with Gasteiger partial charge in [-0.1, -0.05) is 0 Å². The lowest BCUT2D eigenvalue weighted by Gasteiger charge is -2.32. The molecule has 3 amide bonds. The van der Waals surface area contributed by atoms with Crippen LogP contribution in [0.2, 0.25) is 0 Å². The van der Waals surface area contributed by atoms with Gasteiger partial charge in [0.1, 0.15) is 0 Å². The molecule has 0 aliphatic carbocycles. The van der Waals surface area contributed by atoms with E-state index in [0.29, 0.717) is 25.8 Å². The van der Waals surface area contributed by atoms with Crippen molar-refractivity contribution in [2.75, 3.05) is 26.2 Å². The minimum atomic E-state index is -0.962. The van der Waals surface area contributed by atoms with Crippen LogP contribution in [0.25, 0.3) is 0 Å². The number of hydrogen-bond acceptors (Lipinski definition) is 4. The Bertz CT molecular complexity index is 389. The molecule has 2 saturated heterocycles. The molecule has 0 radical (unpaired) electrons. The number of carbonyl (C=O) groups is 3. The summed E-state index contributed by atoms with van der Waals surface area (Å²) in [6.07, 6.45) is 3.10. The molecule has 2 N–H and O–H groups in total. The van der Waals surface area contributed by atoms with Gasteiger partial charge in [0, 0.05) is 38.5 Å². The van der Waals surface area contributed by atoms with Crippen molar-refractivity contribution >= 4 is 17.9 Å². The van der Waals surface area contributed by atoms with E-state index >= 15 is 0 Å². The molecule has 0 aromatic carbocycles. The third-order valence-electron chi connectivity index (χ3n) is 4.15. The van der Waals surface area contributed by atoms with Crippen LogP contribution < -0.4 is 5.32 Å². The minimum absolute atomic E-state index is 0.0454. The van der Waals surface area contributed by atoms with Gasteiger partial charge < -0.3 is 15.3 Å². The molecule has 0 saturated carbocycles. The number of nitrogens with zero attached hydrogens (tertiary/aromatic N) is 2. The molecule has 0 spiro atoms. The summed E-state index contributed by atoms with van der Waals surface area (Å²) in [4.78, 5) is 37.5. The lowest BCUT2D eigenvalue weighted by atomic mass is 10.0. The highest BCUT2D eigenvalue weighted by Gasteiger charge is 2.26. The zero-order chi connectivity index (χ0) is 15.2. The fraction of sp³-hybridized carbons (Fsp3) is 0.786. The summed E-state index contributed by atoms with van der Waals surface area (Å²) in [7, 11) is 0. The Morgan fingerprint density at radius 2 is 1.76 bits per heavy atom. The molecule has 0 atom stereocenters. The number of carbonyl (C=O) groups excluding carboxylic acids is 2. The normalized spacial score (nSPS) is 21.6. The van der Waals surface area contributed by atoms with Gasteiger partial charge in [0.25, 0.3) is 0 Å². The first-order chi connectivity index (χ1) is 10.1. The predicted molar refractivity (Wildman–Crippen MR) is 75.8 cm³/mol. The Morgan fingerprint density at radius 1 is 1.14 bits per heavy atom. The van der Waals surface area contributed by atoms with Gasteiger partial charge in [-0.05, 0) is 32.2 Å². The summed E-state index contributed by atoms with van der Waals surface area (Å²) in [6.45, 7) is 3.06. The molecule has 118 valence electrons. The Morgan fingerprint density at radius 3 is 2.33 bits per heavy atom. The fourth-order valence-electron chi connectivity index (χ4n) is 2.98. The van der Waals surface area contributed by atoms with Gasteiger partial charge in [-0.15, -0.1) is 0 Å². The summed E-state index contributed by atoms with van der Waals surface area (Å²) >= 11 is 0. The van der Waals surface area contributed by atoms with E-state index in [-0.39, 0.29) is 17.9 Å². The lowest BCUT2D eigenvalue weighted by Crippen LogP contribution is -2.45. The second-order valence-corrected chi connectivity index (χ2v) is 5.71. The Kier molecular flexibility index (Phi) is 5.55. The van der Waals surface area contributed by atoms with E-state index in [2.05, 4.69) is 10.2 Å². The topological polar surface area (TPSA) is 89.9 Å². The largest absolute Gasteiger partial charge is 0.465 e. The number of nitrogens with one attached hydrogen (secondary N) is 1. The quantitative estimate of drug-likeness (QED) is 0.727. The molecule has 0 unspecified atom stereocenters. The molecule has 0 aromatic rings.